The van der Waals surface area contributed by atoms with Crippen LogP contribution in [0.3, 0.4) is 0 Å². The number of rotatable bonds is 6. The first-order valence-electron chi connectivity index (χ1n) is 10.7. The first kappa shape index (κ1) is 21.5. The second-order valence-corrected chi connectivity index (χ2v) is 10.0. The predicted octanol–water partition coefficient (Wildman–Crippen LogP) is 2.75. The SMILES string of the molecule is CN(C1CCOCC1)S(=O)(=O)N1CCN(C(c2ccccc2)c2ccccc2)CC1. The van der Waals surface area contributed by atoms with Gasteiger partial charge in [-0.3, -0.25) is 4.90 Å². The molecule has 2 saturated heterocycles. The molecule has 7 heteroatoms. The zero-order chi connectivity index (χ0) is 21.0. The summed E-state index contributed by atoms with van der Waals surface area (Å²) >= 11 is 0. The van der Waals surface area contributed by atoms with Gasteiger partial charge in [0.15, 0.2) is 0 Å². The molecule has 0 amide bonds. The molecule has 2 aromatic carbocycles. The molecular formula is C23H31N3O3S. The van der Waals surface area contributed by atoms with E-state index in [0.29, 0.717) is 39.4 Å². The second-order valence-electron chi connectivity index (χ2n) is 8.03. The fourth-order valence-electron chi connectivity index (χ4n) is 4.50. The van der Waals surface area contributed by atoms with Crippen LogP contribution < -0.4 is 0 Å². The van der Waals surface area contributed by atoms with Crippen molar-refractivity contribution in [1.29, 1.82) is 0 Å². The minimum atomic E-state index is -3.46. The van der Waals surface area contributed by atoms with E-state index in [1.54, 1.807) is 15.7 Å². The minimum absolute atomic E-state index is 0.0307. The lowest BCUT2D eigenvalue weighted by Gasteiger charge is -2.41. The number of nitrogens with zero attached hydrogens (tertiary/aromatic N) is 3. The highest BCUT2D eigenvalue weighted by atomic mass is 32.2. The lowest BCUT2D eigenvalue weighted by atomic mass is 9.96. The Labute approximate surface area is 180 Å². The van der Waals surface area contributed by atoms with E-state index < -0.39 is 10.2 Å². The van der Waals surface area contributed by atoms with E-state index in [9.17, 15) is 8.42 Å². The van der Waals surface area contributed by atoms with Crippen LogP contribution in [0.25, 0.3) is 0 Å². The lowest BCUT2D eigenvalue weighted by molar-refractivity contribution is 0.0607. The molecule has 4 rings (SSSR count). The van der Waals surface area contributed by atoms with Crippen LogP contribution in [-0.4, -0.2) is 74.4 Å². The van der Waals surface area contributed by atoms with Gasteiger partial charge in [-0.2, -0.15) is 17.0 Å². The predicted molar refractivity (Wildman–Crippen MR) is 118 cm³/mol. The fourth-order valence-corrected chi connectivity index (χ4v) is 6.07. The summed E-state index contributed by atoms with van der Waals surface area (Å²) in [6.07, 6.45) is 1.53. The monoisotopic (exact) mass is 429 g/mol. The Hall–Kier alpha value is -1.77. The largest absolute Gasteiger partial charge is 0.381 e. The molecule has 2 heterocycles. The summed E-state index contributed by atoms with van der Waals surface area (Å²) in [5.74, 6) is 0. The normalized spacial score (nSPS) is 20.1. The highest BCUT2D eigenvalue weighted by molar-refractivity contribution is 7.86. The van der Waals surface area contributed by atoms with Gasteiger partial charge in [0.05, 0.1) is 6.04 Å². The maximum atomic E-state index is 13.2. The van der Waals surface area contributed by atoms with Gasteiger partial charge in [0.1, 0.15) is 0 Å². The molecular weight excluding hydrogens is 398 g/mol. The van der Waals surface area contributed by atoms with Gasteiger partial charge in [0.25, 0.3) is 10.2 Å². The summed E-state index contributed by atoms with van der Waals surface area (Å²) in [6.45, 7) is 3.69. The molecule has 0 atom stereocenters. The number of hydrogen-bond acceptors (Lipinski definition) is 4. The molecule has 0 radical (unpaired) electrons. The van der Waals surface area contributed by atoms with E-state index >= 15 is 0 Å². The van der Waals surface area contributed by atoms with Gasteiger partial charge >= 0.3 is 0 Å². The average molecular weight is 430 g/mol. The van der Waals surface area contributed by atoms with E-state index in [1.807, 2.05) is 12.1 Å². The maximum absolute atomic E-state index is 13.2. The summed E-state index contributed by atoms with van der Waals surface area (Å²) in [5.41, 5.74) is 2.47. The van der Waals surface area contributed by atoms with E-state index in [2.05, 4.69) is 53.4 Å². The number of benzene rings is 2. The minimum Gasteiger partial charge on any atom is -0.381 e. The second kappa shape index (κ2) is 9.58. The summed E-state index contributed by atoms with van der Waals surface area (Å²) in [6, 6.07) is 21.1. The van der Waals surface area contributed by atoms with Crippen molar-refractivity contribution in [2.75, 3.05) is 46.4 Å². The molecule has 0 spiro atoms. The number of hydrogen-bond donors (Lipinski definition) is 0. The van der Waals surface area contributed by atoms with Crippen LogP contribution in [0.15, 0.2) is 60.7 Å². The van der Waals surface area contributed by atoms with Crippen molar-refractivity contribution >= 4 is 10.2 Å². The first-order valence-corrected chi connectivity index (χ1v) is 12.1. The molecule has 162 valence electrons. The fraction of sp³-hybridized carbons (Fsp3) is 0.478. The van der Waals surface area contributed by atoms with Crippen LogP contribution in [0.1, 0.15) is 30.0 Å². The van der Waals surface area contributed by atoms with Gasteiger partial charge in [-0.1, -0.05) is 60.7 Å². The summed E-state index contributed by atoms with van der Waals surface area (Å²) in [4.78, 5) is 2.39. The van der Waals surface area contributed by atoms with E-state index in [0.717, 1.165) is 12.8 Å². The summed E-state index contributed by atoms with van der Waals surface area (Å²) in [5, 5.41) is 0. The number of piperazine rings is 1. The van der Waals surface area contributed by atoms with Gasteiger partial charge in [-0.05, 0) is 24.0 Å². The Balaban J connectivity index is 1.48. The van der Waals surface area contributed by atoms with Gasteiger partial charge in [-0.15, -0.1) is 0 Å². The molecule has 0 aliphatic carbocycles. The topological polar surface area (TPSA) is 53.1 Å². The van der Waals surface area contributed by atoms with Gasteiger partial charge in [-0.25, -0.2) is 0 Å². The van der Waals surface area contributed by atoms with E-state index in [1.165, 1.54) is 11.1 Å². The van der Waals surface area contributed by atoms with Crippen molar-refractivity contribution < 1.29 is 13.2 Å². The lowest BCUT2D eigenvalue weighted by Crippen LogP contribution is -2.55. The van der Waals surface area contributed by atoms with Crippen LogP contribution in [-0.2, 0) is 14.9 Å². The number of ether oxygens (including phenoxy) is 1. The van der Waals surface area contributed by atoms with Crippen LogP contribution in [0, 0.1) is 0 Å². The molecule has 0 bridgehead atoms. The Morgan fingerprint density at radius 1 is 0.867 bits per heavy atom. The van der Waals surface area contributed by atoms with Crippen LogP contribution in [0.4, 0.5) is 0 Å². The molecule has 0 aromatic heterocycles. The van der Waals surface area contributed by atoms with Crippen molar-refractivity contribution in [2.24, 2.45) is 0 Å². The Morgan fingerprint density at radius 3 is 1.87 bits per heavy atom. The Kier molecular flexibility index (Phi) is 6.85. The van der Waals surface area contributed by atoms with Gasteiger partial charge in [0.2, 0.25) is 0 Å². The zero-order valence-corrected chi connectivity index (χ0v) is 18.4. The maximum Gasteiger partial charge on any atom is 0.282 e. The van der Waals surface area contributed by atoms with Gasteiger partial charge < -0.3 is 4.74 Å². The summed E-state index contributed by atoms with van der Waals surface area (Å²) in [7, 11) is -1.74. The van der Waals surface area contributed by atoms with Crippen LogP contribution >= 0.6 is 0 Å². The average Bonchev–Trinajstić information content (AvgIpc) is 2.81. The Morgan fingerprint density at radius 2 is 1.37 bits per heavy atom. The van der Waals surface area contributed by atoms with E-state index in [4.69, 9.17) is 4.74 Å². The van der Waals surface area contributed by atoms with Crippen molar-refractivity contribution in [3.05, 3.63) is 71.8 Å². The van der Waals surface area contributed by atoms with Crippen LogP contribution in [0.5, 0.6) is 0 Å². The molecule has 30 heavy (non-hydrogen) atoms. The highest BCUT2D eigenvalue weighted by Gasteiger charge is 2.36. The molecule has 6 nitrogen and oxygen atoms in total. The molecule has 2 aliphatic rings. The van der Waals surface area contributed by atoms with Crippen molar-refractivity contribution in [3.63, 3.8) is 0 Å². The van der Waals surface area contributed by atoms with Crippen molar-refractivity contribution in [3.8, 4) is 0 Å². The molecule has 2 aliphatic heterocycles. The van der Waals surface area contributed by atoms with Crippen molar-refractivity contribution in [2.45, 2.75) is 24.9 Å². The van der Waals surface area contributed by atoms with E-state index in [-0.39, 0.29) is 12.1 Å². The molecule has 0 unspecified atom stereocenters. The smallest absolute Gasteiger partial charge is 0.282 e. The highest BCUT2D eigenvalue weighted by Crippen LogP contribution is 2.30. The third kappa shape index (κ3) is 4.60. The molecule has 2 aromatic rings. The molecule has 2 fully saturated rings. The molecule has 0 saturated carbocycles. The first-order chi connectivity index (χ1) is 14.6. The Bertz CT molecular complexity index is 854. The third-order valence-corrected chi connectivity index (χ3v) is 8.31. The summed E-state index contributed by atoms with van der Waals surface area (Å²) < 4.78 is 35.0. The molecule has 0 N–H and O–H groups in total. The standard InChI is InChI=1S/C23H31N3O3S/c1-24(22-12-18-29-19-13-22)30(27,28)26-16-14-25(15-17-26)23(20-8-4-2-5-9-20)21-10-6-3-7-11-21/h2-11,22-23H,12-19H2,1H3. The van der Waals surface area contributed by atoms with Crippen molar-refractivity contribution in [1.82, 2.24) is 13.5 Å². The van der Waals surface area contributed by atoms with Crippen LogP contribution in [0.2, 0.25) is 0 Å². The quantitative estimate of drug-likeness (QED) is 0.709. The van der Waals surface area contributed by atoms with Gasteiger partial charge in [0, 0.05) is 52.5 Å². The third-order valence-electron chi connectivity index (χ3n) is 6.26. The zero-order valence-electron chi connectivity index (χ0n) is 17.6.